The second-order valence-electron chi connectivity index (χ2n) is 6.78. The minimum atomic E-state index is -0.289. The van der Waals surface area contributed by atoms with Gasteiger partial charge in [-0.3, -0.25) is 4.79 Å². The fourth-order valence-corrected chi connectivity index (χ4v) is 2.27. The number of urea groups is 1. The quantitative estimate of drug-likeness (QED) is 0.774. The molecule has 0 aliphatic heterocycles. The van der Waals surface area contributed by atoms with Crippen LogP contribution in [0.4, 0.5) is 16.2 Å². The van der Waals surface area contributed by atoms with Gasteiger partial charge < -0.3 is 20.3 Å². The van der Waals surface area contributed by atoms with Crippen molar-refractivity contribution < 1.29 is 14.3 Å². The van der Waals surface area contributed by atoms with Gasteiger partial charge in [0, 0.05) is 31.9 Å². The van der Waals surface area contributed by atoms with E-state index < -0.39 is 0 Å². The molecule has 0 saturated heterocycles. The van der Waals surface area contributed by atoms with E-state index in [1.165, 1.54) is 6.92 Å². The Morgan fingerprint density at radius 1 is 1.04 bits per heavy atom. The van der Waals surface area contributed by atoms with E-state index in [0.29, 0.717) is 24.8 Å². The molecule has 6 nitrogen and oxygen atoms in total. The van der Waals surface area contributed by atoms with Gasteiger partial charge in [0.15, 0.2) is 0 Å². The molecule has 27 heavy (non-hydrogen) atoms. The van der Waals surface area contributed by atoms with Gasteiger partial charge in [-0.2, -0.15) is 0 Å². The molecule has 0 unspecified atom stereocenters. The zero-order chi connectivity index (χ0) is 19.8. The number of amides is 3. The maximum atomic E-state index is 12.0. The molecular weight excluding hydrogens is 342 g/mol. The van der Waals surface area contributed by atoms with E-state index >= 15 is 0 Å². The first-order chi connectivity index (χ1) is 12.8. The molecule has 0 aromatic heterocycles. The molecule has 2 aromatic rings. The van der Waals surface area contributed by atoms with Crippen LogP contribution in [0.5, 0.6) is 5.75 Å². The number of carbonyl (C=O) groups is 2. The molecule has 2 N–H and O–H groups in total. The lowest BCUT2D eigenvalue weighted by Crippen LogP contribution is -2.28. The number of hydrogen-bond donors (Lipinski definition) is 2. The molecule has 0 radical (unpaired) electrons. The summed E-state index contributed by atoms with van der Waals surface area (Å²) in [5, 5.41) is 5.59. The number of rotatable bonds is 7. The minimum absolute atomic E-state index is 0.0472. The van der Waals surface area contributed by atoms with Crippen LogP contribution in [0, 0.1) is 5.92 Å². The van der Waals surface area contributed by atoms with Crippen LogP contribution in [0.2, 0.25) is 0 Å². The molecule has 2 rings (SSSR count). The van der Waals surface area contributed by atoms with Crippen molar-refractivity contribution in [2.24, 2.45) is 5.92 Å². The average Bonchev–Trinajstić information content (AvgIpc) is 2.65. The number of hydrogen-bond acceptors (Lipinski definition) is 3. The van der Waals surface area contributed by atoms with Crippen molar-refractivity contribution in [2.75, 3.05) is 23.9 Å². The normalized spacial score (nSPS) is 10.4. The number of nitrogens with one attached hydrogen (secondary N) is 2. The summed E-state index contributed by atoms with van der Waals surface area (Å²) >= 11 is 0. The zero-order valence-electron chi connectivity index (χ0n) is 16.3. The SMILES string of the molecule is CC(=O)N(C)c1ccc(NC(=O)NCc2ccc(OCC(C)C)cc2)cc1. The van der Waals surface area contributed by atoms with Crippen molar-refractivity contribution in [3.05, 3.63) is 54.1 Å². The second-order valence-corrected chi connectivity index (χ2v) is 6.78. The van der Waals surface area contributed by atoms with Crippen molar-refractivity contribution in [1.82, 2.24) is 5.32 Å². The second kappa shape index (κ2) is 9.62. The number of ether oxygens (including phenoxy) is 1. The van der Waals surface area contributed by atoms with Crippen LogP contribution in [0.3, 0.4) is 0 Å². The molecule has 0 fully saturated rings. The van der Waals surface area contributed by atoms with E-state index in [4.69, 9.17) is 4.74 Å². The van der Waals surface area contributed by atoms with Gasteiger partial charge in [-0.1, -0.05) is 26.0 Å². The van der Waals surface area contributed by atoms with E-state index in [0.717, 1.165) is 17.0 Å². The Balaban J connectivity index is 1.81. The molecule has 0 bridgehead atoms. The van der Waals surface area contributed by atoms with Gasteiger partial charge in [0.25, 0.3) is 0 Å². The predicted octanol–water partition coefficient (Wildman–Crippen LogP) is 4.03. The van der Waals surface area contributed by atoms with Crippen molar-refractivity contribution >= 4 is 23.3 Å². The standard InChI is InChI=1S/C21H27N3O3/c1-15(2)14-27-20-11-5-17(6-12-20)13-22-21(26)23-18-7-9-19(10-8-18)24(4)16(3)25/h5-12,15H,13-14H2,1-4H3,(H2,22,23,26). The maximum Gasteiger partial charge on any atom is 0.319 e. The van der Waals surface area contributed by atoms with Crippen LogP contribution in [-0.2, 0) is 11.3 Å². The van der Waals surface area contributed by atoms with E-state index in [1.807, 2.05) is 24.3 Å². The summed E-state index contributed by atoms with van der Waals surface area (Å²) in [5.41, 5.74) is 2.42. The monoisotopic (exact) mass is 369 g/mol. The highest BCUT2D eigenvalue weighted by atomic mass is 16.5. The molecule has 0 aliphatic carbocycles. The summed E-state index contributed by atoms with van der Waals surface area (Å²) in [4.78, 5) is 24.9. The molecule has 0 saturated carbocycles. The first-order valence-corrected chi connectivity index (χ1v) is 8.96. The van der Waals surface area contributed by atoms with Gasteiger partial charge in [0.1, 0.15) is 5.75 Å². The Bertz CT molecular complexity index is 755. The van der Waals surface area contributed by atoms with Gasteiger partial charge in [-0.25, -0.2) is 4.79 Å². The Labute approximate surface area is 160 Å². The topological polar surface area (TPSA) is 70.7 Å². The fourth-order valence-electron chi connectivity index (χ4n) is 2.27. The van der Waals surface area contributed by atoms with Crippen LogP contribution in [0.1, 0.15) is 26.3 Å². The fraction of sp³-hybridized carbons (Fsp3) is 0.333. The summed E-state index contributed by atoms with van der Waals surface area (Å²) < 4.78 is 5.64. The summed E-state index contributed by atoms with van der Waals surface area (Å²) in [7, 11) is 1.70. The number of benzene rings is 2. The number of carbonyl (C=O) groups excluding carboxylic acids is 2. The molecule has 0 atom stereocenters. The molecule has 144 valence electrons. The lowest BCUT2D eigenvalue weighted by molar-refractivity contribution is -0.116. The molecular formula is C21H27N3O3. The number of anilines is 2. The summed E-state index contributed by atoms with van der Waals surface area (Å²) in [6, 6.07) is 14.5. The Kier molecular flexibility index (Phi) is 7.23. The molecule has 0 spiro atoms. The van der Waals surface area contributed by atoms with Crippen LogP contribution < -0.4 is 20.3 Å². The highest BCUT2D eigenvalue weighted by Gasteiger charge is 2.06. The third-order valence-electron chi connectivity index (χ3n) is 3.94. The third kappa shape index (κ3) is 6.66. The Morgan fingerprint density at radius 3 is 2.22 bits per heavy atom. The van der Waals surface area contributed by atoms with Gasteiger partial charge >= 0.3 is 6.03 Å². The maximum absolute atomic E-state index is 12.0. The molecule has 2 aromatic carbocycles. The molecule has 0 aliphatic rings. The third-order valence-corrected chi connectivity index (χ3v) is 3.94. The highest BCUT2D eigenvalue weighted by molar-refractivity contribution is 5.92. The van der Waals surface area contributed by atoms with Crippen LogP contribution in [-0.4, -0.2) is 25.6 Å². The first kappa shape index (κ1) is 20.3. The van der Waals surface area contributed by atoms with E-state index in [-0.39, 0.29) is 11.9 Å². The lowest BCUT2D eigenvalue weighted by atomic mass is 10.2. The summed E-state index contributed by atoms with van der Waals surface area (Å²) in [5.74, 6) is 1.26. The molecule has 0 heterocycles. The predicted molar refractivity (Wildman–Crippen MR) is 108 cm³/mol. The van der Waals surface area contributed by atoms with Crippen molar-refractivity contribution in [2.45, 2.75) is 27.3 Å². The smallest absolute Gasteiger partial charge is 0.319 e. The number of nitrogens with zero attached hydrogens (tertiary/aromatic N) is 1. The van der Waals surface area contributed by atoms with Gasteiger partial charge in [0.05, 0.1) is 6.61 Å². The van der Waals surface area contributed by atoms with E-state index in [9.17, 15) is 9.59 Å². The van der Waals surface area contributed by atoms with Crippen molar-refractivity contribution in [3.8, 4) is 5.75 Å². The Hall–Kier alpha value is -3.02. The van der Waals surface area contributed by atoms with Crippen LogP contribution >= 0.6 is 0 Å². The van der Waals surface area contributed by atoms with Crippen molar-refractivity contribution in [3.63, 3.8) is 0 Å². The Morgan fingerprint density at radius 2 is 1.67 bits per heavy atom. The largest absolute Gasteiger partial charge is 0.493 e. The van der Waals surface area contributed by atoms with E-state index in [1.54, 1.807) is 36.2 Å². The average molecular weight is 369 g/mol. The summed E-state index contributed by atoms with van der Waals surface area (Å²) in [6.45, 7) is 6.81. The molecule has 3 amide bonds. The minimum Gasteiger partial charge on any atom is -0.493 e. The van der Waals surface area contributed by atoms with Gasteiger partial charge in [-0.15, -0.1) is 0 Å². The van der Waals surface area contributed by atoms with Gasteiger partial charge in [0.2, 0.25) is 5.91 Å². The summed E-state index contributed by atoms with van der Waals surface area (Å²) in [6.07, 6.45) is 0. The van der Waals surface area contributed by atoms with Crippen LogP contribution in [0.25, 0.3) is 0 Å². The zero-order valence-corrected chi connectivity index (χ0v) is 16.3. The van der Waals surface area contributed by atoms with Crippen molar-refractivity contribution in [1.29, 1.82) is 0 Å². The van der Waals surface area contributed by atoms with Gasteiger partial charge in [-0.05, 0) is 47.9 Å². The highest BCUT2D eigenvalue weighted by Crippen LogP contribution is 2.17. The lowest BCUT2D eigenvalue weighted by Gasteiger charge is -2.15. The molecule has 6 heteroatoms. The first-order valence-electron chi connectivity index (χ1n) is 8.96. The van der Waals surface area contributed by atoms with E-state index in [2.05, 4.69) is 24.5 Å². The van der Waals surface area contributed by atoms with Crippen LogP contribution in [0.15, 0.2) is 48.5 Å².